The molecule has 0 radical (unpaired) electrons. The normalized spacial score (nSPS) is 11.6. The van der Waals surface area contributed by atoms with Crippen molar-refractivity contribution in [3.63, 3.8) is 0 Å². The van der Waals surface area contributed by atoms with Crippen LogP contribution in [0.15, 0.2) is 22.7 Å². The molecule has 1 rings (SSSR count). The largest absolute Gasteiger partial charge is 0.493 e. The molecule has 0 N–H and O–H groups in total. The Hall–Kier alpha value is -0.270. The van der Waals surface area contributed by atoms with Gasteiger partial charge in [0.2, 0.25) is 0 Å². The third-order valence-electron chi connectivity index (χ3n) is 2.13. The van der Waals surface area contributed by atoms with Crippen LogP contribution in [0.1, 0.15) is 12.0 Å². The Morgan fingerprint density at radius 3 is 2.53 bits per heavy atom. The predicted octanol–water partition coefficient (Wildman–Crippen LogP) is 4.69. The van der Waals surface area contributed by atoms with Crippen LogP contribution >= 0.6 is 31.9 Å². The minimum atomic E-state index is -4.27. The molecule has 0 saturated carbocycles. The molecule has 0 unspecified atom stereocenters. The Kier molecular flexibility index (Phi) is 7.17. The summed E-state index contributed by atoms with van der Waals surface area (Å²) in [6.07, 6.45) is -3.85. The average Bonchev–Trinajstić information content (AvgIpc) is 2.34. The molecule has 1 aromatic carbocycles. The monoisotopic (exact) mass is 404 g/mol. The first-order valence-corrected chi connectivity index (χ1v) is 7.45. The van der Waals surface area contributed by atoms with Gasteiger partial charge in [0.25, 0.3) is 0 Å². The summed E-state index contributed by atoms with van der Waals surface area (Å²) in [4.78, 5) is 0. The molecular formula is C12H13Br2F3O2. The maximum Gasteiger partial charge on any atom is 0.411 e. The SMILES string of the molecule is FC(F)(F)COCCCOc1ccc(Br)c(CBr)c1. The van der Waals surface area contributed by atoms with E-state index in [-0.39, 0.29) is 6.61 Å². The zero-order valence-electron chi connectivity index (χ0n) is 9.97. The summed E-state index contributed by atoms with van der Waals surface area (Å²) < 4.78 is 46.2. The van der Waals surface area contributed by atoms with Crippen LogP contribution < -0.4 is 4.74 Å². The van der Waals surface area contributed by atoms with Gasteiger partial charge in [-0.3, -0.25) is 0 Å². The van der Waals surface area contributed by atoms with Crippen LogP contribution in [0.3, 0.4) is 0 Å². The van der Waals surface area contributed by atoms with E-state index in [1.54, 1.807) is 6.07 Å². The van der Waals surface area contributed by atoms with E-state index in [1.165, 1.54) is 0 Å². The summed E-state index contributed by atoms with van der Waals surface area (Å²) in [5.41, 5.74) is 1.05. The van der Waals surface area contributed by atoms with Gasteiger partial charge in [-0.2, -0.15) is 13.2 Å². The molecule has 19 heavy (non-hydrogen) atoms. The summed E-state index contributed by atoms with van der Waals surface area (Å²) in [6, 6.07) is 5.54. The summed E-state index contributed by atoms with van der Waals surface area (Å²) in [5, 5.41) is 0.694. The highest BCUT2D eigenvalue weighted by atomic mass is 79.9. The maximum atomic E-state index is 11.8. The van der Waals surface area contributed by atoms with Gasteiger partial charge in [-0.05, 0) is 23.8 Å². The lowest BCUT2D eigenvalue weighted by molar-refractivity contribution is -0.174. The second kappa shape index (κ2) is 8.11. The van der Waals surface area contributed by atoms with E-state index in [0.29, 0.717) is 24.1 Å². The van der Waals surface area contributed by atoms with Crippen LogP contribution in [0, 0.1) is 0 Å². The summed E-state index contributed by atoms with van der Waals surface area (Å²) >= 11 is 6.75. The molecule has 0 amide bonds. The van der Waals surface area contributed by atoms with E-state index < -0.39 is 12.8 Å². The average molecular weight is 406 g/mol. The maximum absolute atomic E-state index is 11.8. The highest BCUT2D eigenvalue weighted by Gasteiger charge is 2.27. The van der Waals surface area contributed by atoms with Crippen LogP contribution in [-0.2, 0) is 10.1 Å². The van der Waals surface area contributed by atoms with Crippen molar-refractivity contribution in [3.05, 3.63) is 28.2 Å². The van der Waals surface area contributed by atoms with Crippen molar-refractivity contribution >= 4 is 31.9 Å². The number of hydrogen-bond acceptors (Lipinski definition) is 2. The lowest BCUT2D eigenvalue weighted by Gasteiger charge is -2.10. The van der Waals surface area contributed by atoms with Crippen LogP contribution in [0.4, 0.5) is 13.2 Å². The Morgan fingerprint density at radius 2 is 1.89 bits per heavy atom. The van der Waals surface area contributed by atoms with E-state index in [2.05, 4.69) is 36.6 Å². The smallest absolute Gasteiger partial charge is 0.411 e. The Bertz CT molecular complexity index is 397. The van der Waals surface area contributed by atoms with Gasteiger partial charge in [0, 0.05) is 16.2 Å². The topological polar surface area (TPSA) is 18.5 Å². The molecule has 0 aliphatic carbocycles. The third kappa shape index (κ3) is 7.17. The quantitative estimate of drug-likeness (QED) is 0.483. The van der Waals surface area contributed by atoms with Crippen LogP contribution in [0.5, 0.6) is 5.75 Å². The molecule has 1 aromatic rings. The van der Waals surface area contributed by atoms with Crippen LogP contribution in [0.2, 0.25) is 0 Å². The second-order valence-corrected chi connectivity index (χ2v) is 5.17. The van der Waals surface area contributed by atoms with Crippen molar-refractivity contribution in [3.8, 4) is 5.75 Å². The molecule has 2 nitrogen and oxygen atoms in total. The van der Waals surface area contributed by atoms with E-state index >= 15 is 0 Å². The van der Waals surface area contributed by atoms with Crippen molar-refractivity contribution in [2.24, 2.45) is 0 Å². The highest BCUT2D eigenvalue weighted by Crippen LogP contribution is 2.24. The van der Waals surface area contributed by atoms with Gasteiger partial charge in [0.05, 0.1) is 13.2 Å². The van der Waals surface area contributed by atoms with E-state index in [4.69, 9.17) is 4.74 Å². The molecule has 0 bridgehead atoms. The van der Waals surface area contributed by atoms with Gasteiger partial charge >= 0.3 is 6.18 Å². The van der Waals surface area contributed by atoms with Crippen molar-refractivity contribution < 1.29 is 22.6 Å². The third-order valence-corrected chi connectivity index (χ3v) is 3.51. The number of ether oxygens (including phenoxy) is 2. The van der Waals surface area contributed by atoms with Gasteiger partial charge in [0.15, 0.2) is 0 Å². The van der Waals surface area contributed by atoms with Gasteiger partial charge in [0.1, 0.15) is 12.4 Å². The van der Waals surface area contributed by atoms with E-state index in [1.807, 2.05) is 12.1 Å². The Morgan fingerprint density at radius 1 is 1.16 bits per heavy atom. The highest BCUT2D eigenvalue weighted by molar-refractivity contribution is 9.10. The lowest BCUT2D eigenvalue weighted by Crippen LogP contribution is -2.18. The first-order chi connectivity index (χ1) is 8.92. The summed E-state index contributed by atoms with van der Waals surface area (Å²) in [5.74, 6) is 0.688. The number of halogens is 5. The molecule has 0 spiro atoms. The van der Waals surface area contributed by atoms with Crippen LogP contribution in [0.25, 0.3) is 0 Å². The van der Waals surface area contributed by atoms with E-state index in [9.17, 15) is 13.2 Å². The zero-order chi connectivity index (χ0) is 14.3. The molecule has 0 heterocycles. The molecule has 7 heteroatoms. The molecule has 0 atom stereocenters. The number of alkyl halides is 4. The van der Waals surface area contributed by atoms with Gasteiger partial charge in [-0.1, -0.05) is 31.9 Å². The molecule has 0 aromatic heterocycles. The van der Waals surface area contributed by atoms with Gasteiger partial charge < -0.3 is 9.47 Å². The molecule has 108 valence electrons. The van der Waals surface area contributed by atoms with Crippen molar-refractivity contribution in [2.45, 2.75) is 17.9 Å². The first kappa shape index (κ1) is 16.8. The van der Waals surface area contributed by atoms with Crippen molar-refractivity contribution in [1.29, 1.82) is 0 Å². The van der Waals surface area contributed by atoms with Crippen molar-refractivity contribution in [2.75, 3.05) is 19.8 Å². The van der Waals surface area contributed by atoms with Gasteiger partial charge in [-0.15, -0.1) is 0 Å². The standard InChI is InChI=1S/C12H13Br2F3O2/c13-7-9-6-10(2-3-11(9)14)19-5-1-4-18-8-12(15,16)17/h2-3,6H,1,4-5,7-8H2. The molecule has 0 fully saturated rings. The fourth-order valence-corrected chi connectivity index (χ4v) is 2.51. The summed E-state index contributed by atoms with van der Waals surface area (Å²) in [6.45, 7) is -0.860. The van der Waals surface area contributed by atoms with Gasteiger partial charge in [-0.25, -0.2) is 0 Å². The Balaban J connectivity index is 2.23. The molecule has 0 aliphatic heterocycles. The second-order valence-electron chi connectivity index (χ2n) is 3.76. The minimum absolute atomic E-state index is 0.0291. The first-order valence-electron chi connectivity index (χ1n) is 5.54. The fourth-order valence-electron chi connectivity index (χ4n) is 1.28. The summed E-state index contributed by atoms with van der Waals surface area (Å²) in [7, 11) is 0. The number of benzene rings is 1. The van der Waals surface area contributed by atoms with Crippen molar-refractivity contribution in [1.82, 2.24) is 0 Å². The lowest BCUT2D eigenvalue weighted by atomic mass is 10.2. The zero-order valence-corrected chi connectivity index (χ0v) is 13.1. The van der Waals surface area contributed by atoms with E-state index in [0.717, 1.165) is 10.0 Å². The number of rotatable bonds is 7. The predicted molar refractivity (Wildman–Crippen MR) is 73.8 cm³/mol. The Labute approximate surface area is 126 Å². The molecule has 0 aliphatic rings. The minimum Gasteiger partial charge on any atom is -0.493 e. The number of hydrogen-bond donors (Lipinski definition) is 0. The molecular weight excluding hydrogens is 393 g/mol. The van der Waals surface area contributed by atoms with Crippen LogP contribution in [-0.4, -0.2) is 26.0 Å². The molecule has 0 saturated heterocycles. The fraction of sp³-hybridized carbons (Fsp3) is 0.500.